The predicted octanol–water partition coefficient (Wildman–Crippen LogP) is 2.73. The van der Waals surface area contributed by atoms with Gasteiger partial charge in [-0.1, -0.05) is 29.8 Å². The second kappa shape index (κ2) is 9.15. The summed E-state index contributed by atoms with van der Waals surface area (Å²) in [6, 6.07) is 11.8. The maximum Gasteiger partial charge on any atom is 0.227 e. The molecule has 1 amide bonds. The van der Waals surface area contributed by atoms with E-state index < -0.39 is 9.84 Å². The fraction of sp³-hybridized carbons (Fsp3) is 0.381. The van der Waals surface area contributed by atoms with Gasteiger partial charge in [-0.05, 0) is 41.8 Å². The van der Waals surface area contributed by atoms with E-state index in [1.54, 1.807) is 24.3 Å². The Balaban J connectivity index is 1.55. The first-order chi connectivity index (χ1) is 13.7. The molecule has 2 aromatic carbocycles. The average Bonchev–Trinajstić information content (AvgIpc) is 2.90. The van der Waals surface area contributed by atoms with Gasteiger partial charge >= 0.3 is 0 Å². The molecule has 0 spiro atoms. The normalized spacial score (nSPS) is 15.9. The molecule has 3 rings (SSSR count). The molecule has 0 atom stereocenters. The molecule has 1 aliphatic heterocycles. The fourth-order valence-electron chi connectivity index (χ4n) is 3.43. The highest BCUT2D eigenvalue weighted by Gasteiger charge is 2.20. The Bertz CT molecular complexity index is 977. The first-order valence-electron chi connectivity index (χ1n) is 9.49. The molecular formula is C21H25ClN2O4S. The number of hydrogen-bond acceptors (Lipinski definition) is 5. The second-order valence-corrected chi connectivity index (χ2v) is 9.81. The van der Waals surface area contributed by atoms with Crippen molar-refractivity contribution in [2.45, 2.75) is 24.3 Å². The Morgan fingerprint density at radius 2 is 1.72 bits per heavy atom. The van der Waals surface area contributed by atoms with E-state index in [2.05, 4.69) is 4.90 Å². The lowest BCUT2D eigenvalue weighted by Crippen LogP contribution is -2.36. The van der Waals surface area contributed by atoms with Gasteiger partial charge in [0.2, 0.25) is 5.91 Å². The summed E-state index contributed by atoms with van der Waals surface area (Å²) in [6.45, 7) is 3.71. The van der Waals surface area contributed by atoms with Gasteiger partial charge in [-0.15, -0.1) is 0 Å². The summed E-state index contributed by atoms with van der Waals surface area (Å²) in [5.41, 5.74) is 1.83. The minimum Gasteiger partial charge on any atom is -0.506 e. The Labute approximate surface area is 176 Å². The van der Waals surface area contributed by atoms with E-state index >= 15 is 0 Å². The topological polar surface area (TPSA) is 77.9 Å². The highest BCUT2D eigenvalue weighted by atomic mass is 35.5. The monoisotopic (exact) mass is 436 g/mol. The fourth-order valence-corrected chi connectivity index (χ4v) is 4.26. The summed E-state index contributed by atoms with van der Waals surface area (Å²) >= 11 is 5.93. The van der Waals surface area contributed by atoms with Crippen LogP contribution in [0.2, 0.25) is 5.02 Å². The highest BCUT2D eigenvalue weighted by Crippen LogP contribution is 2.24. The lowest BCUT2D eigenvalue weighted by atomic mass is 10.1. The van der Waals surface area contributed by atoms with Gasteiger partial charge in [0.05, 0.1) is 16.3 Å². The molecule has 1 heterocycles. The third-order valence-corrected chi connectivity index (χ3v) is 6.50. The molecule has 0 aliphatic carbocycles. The van der Waals surface area contributed by atoms with Crippen molar-refractivity contribution < 1.29 is 18.3 Å². The maximum atomic E-state index is 12.7. The lowest BCUT2D eigenvalue weighted by Gasteiger charge is -2.22. The van der Waals surface area contributed by atoms with Gasteiger partial charge in [-0.3, -0.25) is 9.69 Å². The minimum absolute atomic E-state index is 0.0119. The average molecular weight is 437 g/mol. The third kappa shape index (κ3) is 5.95. The number of hydrogen-bond donors (Lipinski definition) is 1. The van der Waals surface area contributed by atoms with Crippen LogP contribution in [0.25, 0.3) is 0 Å². The number of phenols is 1. The van der Waals surface area contributed by atoms with E-state index in [0.29, 0.717) is 18.0 Å². The number of nitrogens with zero attached hydrogens (tertiary/aromatic N) is 2. The quantitative estimate of drug-likeness (QED) is 0.779. The van der Waals surface area contributed by atoms with Crippen LogP contribution in [0, 0.1) is 0 Å². The van der Waals surface area contributed by atoms with Crippen molar-refractivity contribution in [3.63, 3.8) is 0 Å². The van der Waals surface area contributed by atoms with Crippen molar-refractivity contribution in [3.05, 3.63) is 58.6 Å². The molecule has 6 nitrogen and oxygen atoms in total. The molecule has 1 N–H and O–H groups in total. The second-order valence-electron chi connectivity index (χ2n) is 7.39. The molecule has 2 aromatic rings. The lowest BCUT2D eigenvalue weighted by molar-refractivity contribution is -0.130. The molecular weight excluding hydrogens is 412 g/mol. The van der Waals surface area contributed by atoms with Crippen LogP contribution < -0.4 is 0 Å². The number of benzene rings is 2. The number of sulfone groups is 1. The Morgan fingerprint density at radius 1 is 1.03 bits per heavy atom. The van der Waals surface area contributed by atoms with E-state index in [9.17, 15) is 18.3 Å². The first-order valence-corrected chi connectivity index (χ1v) is 11.8. The van der Waals surface area contributed by atoms with Gasteiger partial charge in [0.25, 0.3) is 0 Å². The van der Waals surface area contributed by atoms with Crippen LogP contribution in [0.15, 0.2) is 47.4 Å². The molecule has 0 saturated carbocycles. The van der Waals surface area contributed by atoms with Crippen molar-refractivity contribution in [3.8, 4) is 5.75 Å². The van der Waals surface area contributed by atoms with Crippen LogP contribution >= 0.6 is 11.6 Å². The predicted molar refractivity (Wildman–Crippen MR) is 113 cm³/mol. The first kappa shape index (κ1) is 21.6. The summed E-state index contributed by atoms with van der Waals surface area (Å²) in [5, 5.41) is 9.76. The van der Waals surface area contributed by atoms with Gasteiger partial charge in [-0.2, -0.15) is 0 Å². The number of carbonyl (C=O) groups is 1. The number of halogens is 1. The number of aromatic hydroxyl groups is 1. The van der Waals surface area contributed by atoms with E-state index in [4.69, 9.17) is 11.6 Å². The number of amides is 1. The zero-order valence-electron chi connectivity index (χ0n) is 16.3. The molecule has 29 heavy (non-hydrogen) atoms. The molecule has 0 aromatic heterocycles. The standard InChI is InChI=1S/C21H25ClN2O4S/c1-29(27,28)18-6-3-16(4-7-18)15-23-9-2-10-24(12-11-23)21(26)14-17-5-8-20(25)19(22)13-17/h3-8,13,25H,2,9-12,14-15H2,1H3. The number of rotatable bonds is 5. The van der Waals surface area contributed by atoms with Crippen LogP contribution in [-0.2, 0) is 27.6 Å². The maximum absolute atomic E-state index is 12.7. The van der Waals surface area contributed by atoms with E-state index in [1.165, 1.54) is 12.3 Å². The molecule has 8 heteroatoms. The third-order valence-electron chi connectivity index (χ3n) is 5.07. The van der Waals surface area contributed by atoms with Crippen molar-refractivity contribution in [2.24, 2.45) is 0 Å². The van der Waals surface area contributed by atoms with Gasteiger partial charge < -0.3 is 10.0 Å². The van der Waals surface area contributed by atoms with Crippen LogP contribution in [0.3, 0.4) is 0 Å². The van der Waals surface area contributed by atoms with E-state index in [-0.39, 0.29) is 23.1 Å². The molecule has 156 valence electrons. The van der Waals surface area contributed by atoms with Gasteiger partial charge in [0.15, 0.2) is 9.84 Å². The molecule has 0 radical (unpaired) electrons. The smallest absolute Gasteiger partial charge is 0.227 e. The largest absolute Gasteiger partial charge is 0.506 e. The van der Waals surface area contributed by atoms with Crippen molar-refractivity contribution >= 4 is 27.3 Å². The summed E-state index contributed by atoms with van der Waals surface area (Å²) in [6.07, 6.45) is 2.34. The number of phenolic OH excluding ortho intramolecular Hbond substituents is 1. The van der Waals surface area contributed by atoms with Gasteiger partial charge in [-0.25, -0.2) is 8.42 Å². The van der Waals surface area contributed by atoms with Gasteiger partial charge in [0, 0.05) is 39.0 Å². The van der Waals surface area contributed by atoms with Crippen molar-refractivity contribution in [1.29, 1.82) is 0 Å². The summed E-state index contributed by atoms with van der Waals surface area (Å²) in [4.78, 5) is 17.1. The molecule has 1 fully saturated rings. The van der Waals surface area contributed by atoms with Crippen molar-refractivity contribution in [2.75, 3.05) is 32.4 Å². The Kier molecular flexibility index (Phi) is 6.82. The van der Waals surface area contributed by atoms with Crippen LogP contribution in [-0.4, -0.2) is 61.7 Å². The van der Waals surface area contributed by atoms with Crippen LogP contribution in [0.5, 0.6) is 5.75 Å². The van der Waals surface area contributed by atoms with Crippen LogP contribution in [0.1, 0.15) is 17.5 Å². The van der Waals surface area contributed by atoms with Crippen molar-refractivity contribution in [1.82, 2.24) is 9.80 Å². The molecule has 1 aliphatic rings. The Hall–Kier alpha value is -2.09. The zero-order chi connectivity index (χ0) is 21.0. The SMILES string of the molecule is CS(=O)(=O)c1ccc(CN2CCCN(C(=O)Cc3ccc(O)c(Cl)c3)CC2)cc1. The molecule has 0 bridgehead atoms. The summed E-state index contributed by atoms with van der Waals surface area (Å²) in [5.74, 6) is 0.0592. The molecule has 0 unspecified atom stereocenters. The van der Waals surface area contributed by atoms with E-state index in [0.717, 1.165) is 37.2 Å². The minimum atomic E-state index is -3.19. The summed E-state index contributed by atoms with van der Waals surface area (Å²) in [7, 11) is -3.19. The van der Waals surface area contributed by atoms with E-state index in [1.807, 2.05) is 17.0 Å². The summed E-state index contributed by atoms with van der Waals surface area (Å²) < 4.78 is 23.2. The Morgan fingerprint density at radius 3 is 2.38 bits per heavy atom. The highest BCUT2D eigenvalue weighted by molar-refractivity contribution is 7.90. The zero-order valence-corrected chi connectivity index (χ0v) is 17.9. The van der Waals surface area contributed by atoms with Gasteiger partial charge in [0.1, 0.15) is 5.75 Å². The number of carbonyl (C=O) groups excluding carboxylic acids is 1. The van der Waals surface area contributed by atoms with Crippen LogP contribution in [0.4, 0.5) is 0 Å². The molecule has 1 saturated heterocycles.